The van der Waals surface area contributed by atoms with Gasteiger partial charge >= 0.3 is 0 Å². The Balaban J connectivity index is 1.95. The number of nitrogens with one attached hydrogen (secondary N) is 1. The molecule has 20 heavy (non-hydrogen) atoms. The summed E-state index contributed by atoms with van der Waals surface area (Å²) >= 11 is 0. The molecular weight excluding hydrogens is 277 g/mol. The number of likely N-dealkylation sites (N-methyl/N-ethyl adjacent to an activating group) is 1. The second-order valence-corrected chi connectivity index (χ2v) is 7.82. The Labute approximate surface area is 120 Å². The molecule has 0 radical (unpaired) electrons. The molecule has 0 saturated carbocycles. The summed E-state index contributed by atoms with van der Waals surface area (Å²) in [5, 5.41) is 3.41. The molecule has 3 nitrogen and oxygen atoms in total. The molecule has 5 heteroatoms. The van der Waals surface area contributed by atoms with E-state index in [1.807, 2.05) is 6.92 Å². The molecule has 0 aromatic heterocycles. The van der Waals surface area contributed by atoms with Gasteiger partial charge < -0.3 is 5.32 Å². The number of halogens is 1. The first-order chi connectivity index (χ1) is 9.48. The van der Waals surface area contributed by atoms with Crippen molar-refractivity contribution in [3.63, 3.8) is 0 Å². The third-order valence-corrected chi connectivity index (χ3v) is 5.67. The summed E-state index contributed by atoms with van der Waals surface area (Å²) < 4.78 is 35.9. The zero-order valence-electron chi connectivity index (χ0n) is 11.8. The number of benzene rings is 1. The van der Waals surface area contributed by atoms with Crippen LogP contribution in [0.2, 0.25) is 0 Å². The van der Waals surface area contributed by atoms with Gasteiger partial charge in [-0.2, -0.15) is 0 Å². The van der Waals surface area contributed by atoms with Crippen molar-refractivity contribution in [1.82, 2.24) is 5.32 Å². The topological polar surface area (TPSA) is 46.2 Å². The molecule has 1 aliphatic heterocycles. The molecule has 2 atom stereocenters. The standard InChI is InChI=1S/C15H22FNO2S/c1-2-17-15(9-12-3-5-14(16)6-4-12)10-13-7-8-20(18,19)11-13/h3-6,13,15,17H,2,7-11H2,1H3. The Morgan fingerprint density at radius 2 is 2.05 bits per heavy atom. The lowest BCUT2D eigenvalue weighted by Gasteiger charge is -2.21. The molecule has 0 bridgehead atoms. The fourth-order valence-electron chi connectivity index (χ4n) is 2.89. The monoisotopic (exact) mass is 299 g/mol. The Bertz CT molecular complexity index is 527. The Hall–Kier alpha value is -0.940. The fraction of sp³-hybridized carbons (Fsp3) is 0.600. The highest BCUT2D eigenvalue weighted by atomic mass is 32.2. The minimum atomic E-state index is -2.81. The summed E-state index contributed by atoms with van der Waals surface area (Å²) in [5.74, 6) is 0.672. The predicted octanol–water partition coefficient (Wildman–Crippen LogP) is 2.17. The first-order valence-electron chi connectivity index (χ1n) is 7.17. The SMILES string of the molecule is CCNC(Cc1ccc(F)cc1)CC1CCS(=O)(=O)C1. The van der Waals surface area contributed by atoms with Crippen LogP contribution in [-0.2, 0) is 16.3 Å². The largest absolute Gasteiger partial charge is 0.314 e. The molecule has 0 aliphatic carbocycles. The maximum atomic E-state index is 12.9. The Kier molecular flexibility index (Phi) is 5.16. The molecule has 1 N–H and O–H groups in total. The van der Waals surface area contributed by atoms with E-state index in [-0.39, 0.29) is 17.8 Å². The molecule has 112 valence electrons. The summed E-state index contributed by atoms with van der Waals surface area (Å²) in [6.07, 6.45) is 2.45. The quantitative estimate of drug-likeness (QED) is 0.875. The maximum absolute atomic E-state index is 12.9. The van der Waals surface area contributed by atoms with Crippen molar-refractivity contribution in [1.29, 1.82) is 0 Å². The molecule has 1 fully saturated rings. The van der Waals surface area contributed by atoms with E-state index in [1.165, 1.54) is 12.1 Å². The van der Waals surface area contributed by atoms with Crippen LogP contribution in [0.25, 0.3) is 0 Å². The van der Waals surface area contributed by atoms with Gasteiger partial charge in [-0.3, -0.25) is 0 Å². The summed E-state index contributed by atoms with van der Waals surface area (Å²) in [5.41, 5.74) is 1.08. The second kappa shape index (κ2) is 6.68. The minimum absolute atomic E-state index is 0.226. The van der Waals surface area contributed by atoms with Crippen LogP contribution in [0.5, 0.6) is 0 Å². The van der Waals surface area contributed by atoms with E-state index in [1.54, 1.807) is 12.1 Å². The third kappa shape index (κ3) is 4.56. The number of sulfone groups is 1. The Morgan fingerprint density at radius 3 is 2.60 bits per heavy atom. The summed E-state index contributed by atoms with van der Waals surface area (Å²) in [6, 6.07) is 6.79. The third-order valence-electron chi connectivity index (χ3n) is 3.83. The normalized spacial score (nSPS) is 22.8. The van der Waals surface area contributed by atoms with Crippen molar-refractivity contribution in [3.05, 3.63) is 35.6 Å². The van der Waals surface area contributed by atoms with Gasteiger partial charge in [0, 0.05) is 6.04 Å². The highest BCUT2D eigenvalue weighted by molar-refractivity contribution is 7.91. The van der Waals surface area contributed by atoms with E-state index in [0.717, 1.165) is 31.4 Å². The average molecular weight is 299 g/mol. The van der Waals surface area contributed by atoms with E-state index in [4.69, 9.17) is 0 Å². The van der Waals surface area contributed by atoms with Gasteiger partial charge in [0.2, 0.25) is 0 Å². The van der Waals surface area contributed by atoms with E-state index < -0.39 is 9.84 Å². The molecule has 1 heterocycles. The van der Waals surface area contributed by atoms with Crippen LogP contribution < -0.4 is 5.32 Å². The molecule has 0 spiro atoms. The van der Waals surface area contributed by atoms with Gasteiger partial charge in [-0.25, -0.2) is 12.8 Å². The molecule has 1 aliphatic rings. The van der Waals surface area contributed by atoms with E-state index in [9.17, 15) is 12.8 Å². The minimum Gasteiger partial charge on any atom is -0.314 e. The highest BCUT2D eigenvalue weighted by Gasteiger charge is 2.29. The van der Waals surface area contributed by atoms with E-state index >= 15 is 0 Å². The highest BCUT2D eigenvalue weighted by Crippen LogP contribution is 2.24. The van der Waals surface area contributed by atoms with Crippen LogP contribution in [0.15, 0.2) is 24.3 Å². The van der Waals surface area contributed by atoms with Gasteiger partial charge in [-0.05, 0) is 49.4 Å². The lowest BCUT2D eigenvalue weighted by Crippen LogP contribution is -2.33. The maximum Gasteiger partial charge on any atom is 0.150 e. The van der Waals surface area contributed by atoms with Crippen molar-refractivity contribution < 1.29 is 12.8 Å². The number of hydrogen-bond acceptors (Lipinski definition) is 3. The predicted molar refractivity (Wildman–Crippen MR) is 78.9 cm³/mol. The van der Waals surface area contributed by atoms with Crippen LogP contribution in [0.4, 0.5) is 4.39 Å². The molecular formula is C15H22FNO2S. The molecule has 0 amide bonds. The lowest BCUT2D eigenvalue weighted by molar-refractivity contribution is 0.409. The smallest absolute Gasteiger partial charge is 0.150 e. The average Bonchev–Trinajstić information content (AvgIpc) is 2.72. The van der Waals surface area contributed by atoms with Crippen molar-refractivity contribution >= 4 is 9.84 Å². The second-order valence-electron chi connectivity index (χ2n) is 5.59. The first kappa shape index (κ1) is 15.4. The van der Waals surface area contributed by atoms with Crippen LogP contribution in [0.1, 0.15) is 25.3 Å². The van der Waals surface area contributed by atoms with Crippen molar-refractivity contribution in [2.45, 2.75) is 32.2 Å². The van der Waals surface area contributed by atoms with Gasteiger partial charge in [-0.15, -0.1) is 0 Å². The van der Waals surface area contributed by atoms with Crippen molar-refractivity contribution in [3.8, 4) is 0 Å². The fourth-order valence-corrected chi connectivity index (χ4v) is 4.77. The number of hydrogen-bond donors (Lipinski definition) is 1. The van der Waals surface area contributed by atoms with Crippen LogP contribution >= 0.6 is 0 Å². The Morgan fingerprint density at radius 1 is 1.35 bits per heavy atom. The molecule has 1 saturated heterocycles. The summed E-state index contributed by atoms with van der Waals surface area (Å²) in [6.45, 7) is 2.90. The first-order valence-corrected chi connectivity index (χ1v) is 8.99. The van der Waals surface area contributed by atoms with E-state index in [2.05, 4.69) is 5.32 Å². The lowest BCUT2D eigenvalue weighted by atomic mass is 9.94. The van der Waals surface area contributed by atoms with Gasteiger partial charge in [-0.1, -0.05) is 19.1 Å². The van der Waals surface area contributed by atoms with Crippen LogP contribution in [-0.4, -0.2) is 32.5 Å². The molecule has 2 unspecified atom stereocenters. The van der Waals surface area contributed by atoms with Gasteiger partial charge in [0.15, 0.2) is 9.84 Å². The van der Waals surface area contributed by atoms with Crippen LogP contribution in [0, 0.1) is 11.7 Å². The van der Waals surface area contributed by atoms with Gasteiger partial charge in [0.25, 0.3) is 0 Å². The molecule has 1 aromatic carbocycles. The van der Waals surface area contributed by atoms with Crippen molar-refractivity contribution in [2.75, 3.05) is 18.1 Å². The zero-order valence-corrected chi connectivity index (χ0v) is 12.6. The molecule has 2 rings (SSSR count). The zero-order chi connectivity index (χ0) is 14.6. The van der Waals surface area contributed by atoms with Crippen molar-refractivity contribution in [2.24, 2.45) is 5.92 Å². The van der Waals surface area contributed by atoms with Gasteiger partial charge in [0.1, 0.15) is 5.82 Å². The van der Waals surface area contributed by atoms with E-state index in [0.29, 0.717) is 11.5 Å². The summed E-state index contributed by atoms with van der Waals surface area (Å²) in [4.78, 5) is 0. The number of rotatable bonds is 6. The van der Waals surface area contributed by atoms with Crippen LogP contribution in [0.3, 0.4) is 0 Å². The summed E-state index contributed by atoms with van der Waals surface area (Å²) in [7, 11) is -2.81. The molecule has 1 aromatic rings. The van der Waals surface area contributed by atoms with Gasteiger partial charge in [0.05, 0.1) is 11.5 Å².